The summed E-state index contributed by atoms with van der Waals surface area (Å²) in [6, 6.07) is 15.4. The molecule has 7 nitrogen and oxygen atoms in total. The summed E-state index contributed by atoms with van der Waals surface area (Å²) in [5, 5.41) is 6.88. The van der Waals surface area contributed by atoms with Crippen LogP contribution in [0.2, 0.25) is 0 Å². The number of rotatable bonds is 4. The number of hydrogen-bond donors (Lipinski definition) is 1. The summed E-state index contributed by atoms with van der Waals surface area (Å²) < 4.78 is 18.6. The van der Waals surface area contributed by atoms with Crippen LogP contribution in [0.1, 0.15) is 5.82 Å². The van der Waals surface area contributed by atoms with Crippen LogP contribution in [-0.4, -0.2) is 52.2 Å². The third-order valence-corrected chi connectivity index (χ3v) is 4.59. The maximum atomic E-state index is 13.3. The Bertz CT molecular complexity index is 939. The van der Waals surface area contributed by atoms with Crippen molar-refractivity contribution in [2.75, 3.05) is 31.5 Å². The molecule has 1 aliphatic heterocycles. The van der Waals surface area contributed by atoms with E-state index < -0.39 is 0 Å². The van der Waals surface area contributed by atoms with Crippen LogP contribution in [0.5, 0.6) is 0 Å². The molecule has 0 bridgehead atoms. The molecule has 2 heterocycles. The largest absolute Gasteiger partial charge is 0.334 e. The number of amides is 2. The average Bonchev–Trinajstić information content (AvgIpc) is 3.18. The molecule has 1 aromatic heterocycles. The molecule has 8 heteroatoms. The molecule has 0 spiro atoms. The van der Waals surface area contributed by atoms with Crippen LogP contribution >= 0.6 is 0 Å². The van der Waals surface area contributed by atoms with Gasteiger partial charge in [0.2, 0.25) is 0 Å². The smallest absolute Gasteiger partial charge is 0.321 e. The first kappa shape index (κ1) is 18.1. The molecule has 0 atom stereocenters. The van der Waals surface area contributed by atoms with E-state index in [2.05, 4.69) is 20.4 Å². The van der Waals surface area contributed by atoms with Crippen LogP contribution in [0.15, 0.2) is 59.1 Å². The van der Waals surface area contributed by atoms with Crippen molar-refractivity contribution in [1.82, 2.24) is 19.9 Å². The van der Waals surface area contributed by atoms with Crippen LogP contribution in [0.3, 0.4) is 0 Å². The molecular weight excluding hydrogens is 361 g/mol. The van der Waals surface area contributed by atoms with Gasteiger partial charge in [-0.25, -0.2) is 9.18 Å². The van der Waals surface area contributed by atoms with Crippen molar-refractivity contribution in [3.8, 4) is 11.5 Å². The number of aromatic nitrogens is 2. The monoisotopic (exact) mass is 381 g/mol. The highest BCUT2D eigenvalue weighted by Gasteiger charge is 2.22. The Balaban J connectivity index is 1.29. The molecular formula is C20H20FN5O2. The molecule has 2 aromatic carbocycles. The minimum Gasteiger partial charge on any atom is -0.334 e. The molecule has 2 amide bonds. The predicted molar refractivity (Wildman–Crippen MR) is 102 cm³/mol. The van der Waals surface area contributed by atoms with Crippen LogP contribution in [-0.2, 0) is 6.54 Å². The average molecular weight is 381 g/mol. The Labute approximate surface area is 161 Å². The van der Waals surface area contributed by atoms with E-state index in [0.717, 1.165) is 5.69 Å². The number of nitrogens with one attached hydrogen (secondary N) is 1. The molecule has 28 heavy (non-hydrogen) atoms. The SMILES string of the molecule is O=C(Nc1ccccc1)N1CCN(Cc2noc(-c3cccc(F)c3)n2)CC1. The molecule has 1 N–H and O–H groups in total. The molecule has 0 saturated carbocycles. The van der Waals surface area contributed by atoms with Crippen LogP contribution < -0.4 is 5.32 Å². The van der Waals surface area contributed by atoms with E-state index in [1.165, 1.54) is 12.1 Å². The Kier molecular flexibility index (Phi) is 5.29. The number of para-hydroxylation sites is 1. The zero-order valence-corrected chi connectivity index (χ0v) is 15.2. The summed E-state index contributed by atoms with van der Waals surface area (Å²) in [5.74, 6) is 0.499. The number of urea groups is 1. The summed E-state index contributed by atoms with van der Waals surface area (Å²) >= 11 is 0. The van der Waals surface area contributed by atoms with Crippen LogP contribution in [0.4, 0.5) is 14.9 Å². The van der Waals surface area contributed by atoms with Gasteiger partial charge in [-0.15, -0.1) is 0 Å². The summed E-state index contributed by atoms with van der Waals surface area (Å²) in [6.07, 6.45) is 0. The molecule has 1 saturated heterocycles. The standard InChI is InChI=1S/C20H20FN5O2/c21-16-6-4-5-15(13-16)19-23-18(24-28-19)14-25-9-11-26(12-10-25)20(27)22-17-7-2-1-3-8-17/h1-8,13H,9-12,14H2,(H,22,27). The first-order valence-electron chi connectivity index (χ1n) is 9.09. The Morgan fingerprint density at radius 1 is 1.07 bits per heavy atom. The maximum Gasteiger partial charge on any atom is 0.321 e. The molecule has 0 aliphatic carbocycles. The molecule has 1 fully saturated rings. The van der Waals surface area contributed by atoms with Gasteiger partial charge in [0.05, 0.1) is 6.54 Å². The van der Waals surface area contributed by atoms with Crippen molar-refractivity contribution in [3.05, 3.63) is 66.2 Å². The first-order valence-corrected chi connectivity index (χ1v) is 9.09. The lowest BCUT2D eigenvalue weighted by molar-refractivity contribution is 0.140. The molecule has 0 radical (unpaired) electrons. The van der Waals surface area contributed by atoms with Gasteiger partial charge in [-0.05, 0) is 30.3 Å². The maximum absolute atomic E-state index is 13.3. The van der Waals surface area contributed by atoms with E-state index in [-0.39, 0.29) is 11.8 Å². The Hall–Kier alpha value is -3.26. The summed E-state index contributed by atoms with van der Waals surface area (Å²) in [4.78, 5) is 20.6. The van der Waals surface area contributed by atoms with Crippen molar-refractivity contribution in [2.45, 2.75) is 6.54 Å². The number of carbonyl (C=O) groups is 1. The third kappa shape index (κ3) is 4.34. The van der Waals surface area contributed by atoms with E-state index in [1.807, 2.05) is 30.3 Å². The fraction of sp³-hybridized carbons (Fsp3) is 0.250. The minimum atomic E-state index is -0.345. The second kappa shape index (κ2) is 8.18. The number of nitrogens with zero attached hydrogens (tertiary/aromatic N) is 4. The third-order valence-electron chi connectivity index (χ3n) is 4.59. The fourth-order valence-electron chi connectivity index (χ4n) is 3.09. The van der Waals surface area contributed by atoms with E-state index in [9.17, 15) is 9.18 Å². The highest BCUT2D eigenvalue weighted by Crippen LogP contribution is 2.18. The van der Waals surface area contributed by atoms with Crippen molar-refractivity contribution in [2.24, 2.45) is 0 Å². The van der Waals surface area contributed by atoms with Gasteiger partial charge in [0, 0.05) is 37.4 Å². The zero-order chi connectivity index (χ0) is 19.3. The lowest BCUT2D eigenvalue weighted by atomic mass is 10.2. The highest BCUT2D eigenvalue weighted by molar-refractivity contribution is 5.89. The van der Waals surface area contributed by atoms with Gasteiger partial charge in [-0.1, -0.05) is 29.4 Å². The Morgan fingerprint density at radius 2 is 1.86 bits per heavy atom. The number of benzene rings is 2. The van der Waals surface area contributed by atoms with Gasteiger partial charge in [0.15, 0.2) is 5.82 Å². The van der Waals surface area contributed by atoms with Crippen molar-refractivity contribution in [1.29, 1.82) is 0 Å². The topological polar surface area (TPSA) is 74.5 Å². The van der Waals surface area contributed by atoms with Crippen molar-refractivity contribution >= 4 is 11.7 Å². The minimum absolute atomic E-state index is 0.0983. The quantitative estimate of drug-likeness (QED) is 0.751. The second-order valence-electron chi connectivity index (χ2n) is 6.59. The van der Waals surface area contributed by atoms with E-state index in [0.29, 0.717) is 50.0 Å². The van der Waals surface area contributed by atoms with Crippen molar-refractivity contribution in [3.63, 3.8) is 0 Å². The molecule has 0 unspecified atom stereocenters. The molecule has 4 rings (SSSR count). The van der Waals surface area contributed by atoms with Gasteiger partial charge < -0.3 is 14.7 Å². The summed E-state index contributed by atoms with van der Waals surface area (Å²) in [7, 11) is 0. The first-order chi connectivity index (χ1) is 13.7. The van der Waals surface area contributed by atoms with Crippen LogP contribution in [0.25, 0.3) is 11.5 Å². The summed E-state index contributed by atoms with van der Waals surface area (Å²) in [6.45, 7) is 3.19. The van der Waals surface area contributed by atoms with E-state index >= 15 is 0 Å². The molecule has 144 valence electrons. The van der Waals surface area contributed by atoms with E-state index in [1.54, 1.807) is 17.0 Å². The lowest BCUT2D eigenvalue weighted by Gasteiger charge is -2.34. The van der Waals surface area contributed by atoms with Gasteiger partial charge >= 0.3 is 6.03 Å². The molecule has 1 aliphatic rings. The van der Waals surface area contributed by atoms with Gasteiger partial charge in [-0.2, -0.15) is 4.98 Å². The van der Waals surface area contributed by atoms with Crippen LogP contribution in [0, 0.1) is 5.82 Å². The van der Waals surface area contributed by atoms with Gasteiger partial charge in [0.25, 0.3) is 5.89 Å². The van der Waals surface area contributed by atoms with Crippen molar-refractivity contribution < 1.29 is 13.7 Å². The Morgan fingerprint density at radius 3 is 2.61 bits per heavy atom. The van der Waals surface area contributed by atoms with Gasteiger partial charge in [0.1, 0.15) is 5.82 Å². The number of piperazine rings is 1. The zero-order valence-electron chi connectivity index (χ0n) is 15.2. The highest BCUT2D eigenvalue weighted by atomic mass is 19.1. The van der Waals surface area contributed by atoms with Gasteiger partial charge in [-0.3, -0.25) is 4.90 Å². The number of anilines is 1. The normalized spacial score (nSPS) is 14.8. The number of hydrogen-bond acceptors (Lipinski definition) is 5. The lowest BCUT2D eigenvalue weighted by Crippen LogP contribution is -2.49. The molecule has 3 aromatic rings. The second-order valence-corrected chi connectivity index (χ2v) is 6.59. The summed E-state index contributed by atoms with van der Waals surface area (Å²) in [5.41, 5.74) is 1.34. The number of carbonyl (C=O) groups excluding carboxylic acids is 1. The number of halogens is 1. The fourth-order valence-corrected chi connectivity index (χ4v) is 3.09. The predicted octanol–water partition coefficient (Wildman–Crippen LogP) is 3.23. The van der Waals surface area contributed by atoms with E-state index in [4.69, 9.17) is 4.52 Å².